The molecule has 170 valence electrons. The summed E-state index contributed by atoms with van der Waals surface area (Å²) >= 11 is 0. The van der Waals surface area contributed by atoms with Gasteiger partial charge in [0.1, 0.15) is 0 Å². The van der Waals surface area contributed by atoms with Crippen molar-refractivity contribution in [3.05, 3.63) is 0 Å². The van der Waals surface area contributed by atoms with E-state index >= 15 is 0 Å². The average molecular weight is 415 g/mol. The molecule has 0 radical (unpaired) electrons. The Hall–Kier alpha value is 0.137. The molecule has 0 saturated carbocycles. The number of rotatable bonds is 23. The summed E-state index contributed by atoms with van der Waals surface area (Å²) in [6, 6.07) is 2.36. The lowest BCUT2D eigenvalue weighted by Gasteiger charge is -2.29. The van der Waals surface area contributed by atoms with Crippen molar-refractivity contribution in [2.45, 2.75) is 149 Å². The van der Waals surface area contributed by atoms with E-state index in [0.29, 0.717) is 0 Å². The maximum atomic E-state index is 6.15. The van der Waals surface area contributed by atoms with Gasteiger partial charge in [0.05, 0.1) is 0 Å². The second-order valence-electron chi connectivity index (χ2n) is 8.58. The van der Waals surface area contributed by atoms with E-state index in [1.54, 1.807) is 0 Å². The SMILES string of the molecule is CCCCCCCCCCCCCCCCCC[Si](CCC)(OCC)OCC. The van der Waals surface area contributed by atoms with Crippen molar-refractivity contribution in [3.63, 3.8) is 0 Å². The van der Waals surface area contributed by atoms with Crippen molar-refractivity contribution >= 4 is 8.56 Å². The summed E-state index contributed by atoms with van der Waals surface area (Å²) < 4.78 is 12.3. The lowest BCUT2D eigenvalue weighted by atomic mass is 10.0. The highest BCUT2D eigenvalue weighted by molar-refractivity contribution is 6.67. The third-order valence-electron chi connectivity index (χ3n) is 5.86. The Morgan fingerprint density at radius 3 is 1.07 bits per heavy atom. The van der Waals surface area contributed by atoms with Crippen LogP contribution in [0.15, 0.2) is 0 Å². The van der Waals surface area contributed by atoms with Crippen LogP contribution in [-0.4, -0.2) is 21.8 Å². The third kappa shape index (κ3) is 17.0. The second kappa shape index (κ2) is 21.8. The van der Waals surface area contributed by atoms with E-state index < -0.39 is 8.56 Å². The predicted molar refractivity (Wildman–Crippen MR) is 128 cm³/mol. The number of hydrogen-bond acceptors (Lipinski definition) is 2. The van der Waals surface area contributed by atoms with Gasteiger partial charge in [0.2, 0.25) is 0 Å². The molecule has 3 heteroatoms. The first-order valence-electron chi connectivity index (χ1n) is 13.0. The largest absolute Gasteiger partial charge is 0.394 e. The minimum atomic E-state index is -1.90. The maximum absolute atomic E-state index is 6.15. The zero-order chi connectivity index (χ0) is 20.8. The van der Waals surface area contributed by atoms with E-state index in [-0.39, 0.29) is 0 Å². The molecule has 0 aromatic carbocycles. The van der Waals surface area contributed by atoms with Crippen LogP contribution in [0.4, 0.5) is 0 Å². The van der Waals surface area contributed by atoms with E-state index in [2.05, 4.69) is 27.7 Å². The minimum Gasteiger partial charge on any atom is -0.394 e. The van der Waals surface area contributed by atoms with Crippen molar-refractivity contribution in [3.8, 4) is 0 Å². The molecule has 0 atom stereocenters. The molecule has 0 amide bonds. The summed E-state index contributed by atoms with van der Waals surface area (Å²) in [6.45, 7) is 10.4. The normalized spacial score (nSPS) is 12.0. The van der Waals surface area contributed by atoms with Gasteiger partial charge >= 0.3 is 8.56 Å². The standard InChI is InChI=1S/C25H54O2Si/c1-5-9-10-11-12-13-14-15-16-17-18-19-20-21-22-23-25-28(24-6-2,26-7-3)27-8-4/h5-25H2,1-4H3. The molecule has 0 aromatic heterocycles. The highest BCUT2D eigenvalue weighted by Gasteiger charge is 2.35. The summed E-state index contributed by atoms with van der Waals surface area (Å²) in [5.41, 5.74) is 0. The monoisotopic (exact) mass is 414 g/mol. The molecule has 0 aliphatic heterocycles. The molecule has 0 unspecified atom stereocenters. The molecule has 0 bridgehead atoms. The van der Waals surface area contributed by atoms with E-state index in [4.69, 9.17) is 8.85 Å². The van der Waals surface area contributed by atoms with Crippen LogP contribution in [-0.2, 0) is 8.85 Å². The van der Waals surface area contributed by atoms with Crippen LogP contribution < -0.4 is 0 Å². The van der Waals surface area contributed by atoms with Gasteiger partial charge in [-0.15, -0.1) is 0 Å². The Morgan fingerprint density at radius 1 is 0.393 bits per heavy atom. The minimum absolute atomic E-state index is 0.811. The van der Waals surface area contributed by atoms with Crippen LogP contribution in [0.2, 0.25) is 12.1 Å². The van der Waals surface area contributed by atoms with Gasteiger partial charge in [-0.25, -0.2) is 0 Å². The molecule has 0 spiro atoms. The molecule has 2 nitrogen and oxygen atoms in total. The topological polar surface area (TPSA) is 18.5 Å². The molecule has 0 heterocycles. The average Bonchev–Trinajstić information content (AvgIpc) is 2.68. The zero-order valence-corrected chi connectivity index (χ0v) is 21.2. The van der Waals surface area contributed by atoms with E-state index in [9.17, 15) is 0 Å². The molecular weight excluding hydrogens is 360 g/mol. The van der Waals surface area contributed by atoms with Crippen LogP contribution in [0.5, 0.6) is 0 Å². The fourth-order valence-electron chi connectivity index (χ4n) is 4.30. The summed E-state index contributed by atoms with van der Waals surface area (Å²) in [4.78, 5) is 0. The van der Waals surface area contributed by atoms with Gasteiger partial charge in [0, 0.05) is 13.2 Å². The molecule has 0 N–H and O–H groups in total. The highest BCUT2D eigenvalue weighted by Crippen LogP contribution is 2.25. The summed E-state index contributed by atoms with van der Waals surface area (Å²) in [6.07, 6.45) is 24.0. The fraction of sp³-hybridized carbons (Fsp3) is 1.00. The van der Waals surface area contributed by atoms with E-state index in [1.165, 1.54) is 115 Å². The molecule has 0 aromatic rings. The van der Waals surface area contributed by atoms with Crippen molar-refractivity contribution in [2.24, 2.45) is 0 Å². The van der Waals surface area contributed by atoms with Crippen molar-refractivity contribution in [1.82, 2.24) is 0 Å². The Labute approximate surface area is 179 Å². The lowest BCUT2D eigenvalue weighted by Crippen LogP contribution is -2.42. The Bertz CT molecular complexity index is 279. The summed E-state index contributed by atoms with van der Waals surface area (Å²) in [5, 5.41) is 0. The van der Waals surface area contributed by atoms with Gasteiger partial charge in [-0.2, -0.15) is 0 Å². The molecule has 0 rings (SSSR count). The first kappa shape index (κ1) is 28.1. The van der Waals surface area contributed by atoms with Gasteiger partial charge < -0.3 is 8.85 Å². The zero-order valence-electron chi connectivity index (χ0n) is 20.2. The quantitative estimate of drug-likeness (QED) is 0.122. The first-order chi connectivity index (χ1) is 13.7. The van der Waals surface area contributed by atoms with E-state index in [0.717, 1.165) is 19.3 Å². The third-order valence-corrected chi connectivity index (χ3v) is 9.86. The van der Waals surface area contributed by atoms with Crippen LogP contribution >= 0.6 is 0 Å². The lowest BCUT2D eigenvalue weighted by molar-refractivity contribution is 0.181. The molecule has 0 saturated heterocycles. The highest BCUT2D eigenvalue weighted by atomic mass is 28.4. The van der Waals surface area contributed by atoms with E-state index in [1.807, 2.05) is 0 Å². The Kier molecular flexibility index (Phi) is 21.9. The van der Waals surface area contributed by atoms with Gasteiger partial charge in [0.15, 0.2) is 0 Å². The van der Waals surface area contributed by atoms with Gasteiger partial charge in [-0.3, -0.25) is 0 Å². The molecular formula is C25H54O2Si. The second-order valence-corrected chi connectivity index (χ2v) is 12.0. The maximum Gasteiger partial charge on any atom is 0.338 e. The number of hydrogen-bond donors (Lipinski definition) is 0. The fourth-order valence-corrected chi connectivity index (χ4v) is 7.82. The van der Waals surface area contributed by atoms with Crippen molar-refractivity contribution in [2.75, 3.05) is 13.2 Å². The molecule has 0 aliphatic carbocycles. The Morgan fingerprint density at radius 2 is 0.750 bits per heavy atom. The Balaban J connectivity index is 3.46. The van der Waals surface area contributed by atoms with Gasteiger partial charge in [-0.05, 0) is 25.9 Å². The molecule has 0 aliphatic rings. The number of unbranched alkanes of at least 4 members (excludes halogenated alkanes) is 15. The molecule has 0 fully saturated rings. The van der Waals surface area contributed by atoms with Crippen molar-refractivity contribution < 1.29 is 8.85 Å². The van der Waals surface area contributed by atoms with Gasteiger partial charge in [-0.1, -0.05) is 123 Å². The first-order valence-corrected chi connectivity index (χ1v) is 15.3. The van der Waals surface area contributed by atoms with Crippen LogP contribution in [0.3, 0.4) is 0 Å². The van der Waals surface area contributed by atoms with Crippen LogP contribution in [0.25, 0.3) is 0 Å². The van der Waals surface area contributed by atoms with Crippen LogP contribution in [0.1, 0.15) is 137 Å². The summed E-state index contributed by atoms with van der Waals surface area (Å²) in [7, 11) is -1.90. The predicted octanol–water partition coefficient (Wildman–Crippen LogP) is 9.17. The van der Waals surface area contributed by atoms with Gasteiger partial charge in [0.25, 0.3) is 0 Å². The van der Waals surface area contributed by atoms with Crippen LogP contribution in [0, 0.1) is 0 Å². The summed E-state index contributed by atoms with van der Waals surface area (Å²) in [5.74, 6) is 0. The smallest absolute Gasteiger partial charge is 0.338 e. The van der Waals surface area contributed by atoms with Crippen molar-refractivity contribution in [1.29, 1.82) is 0 Å². The molecule has 28 heavy (non-hydrogen) atoms.